The van der Waals surface area contributed by atoms with Crippen molar-refractivity contribution in [3.63, 3.8) is 0 Å². The molecule has 0 bridgehead atoms. The maximum Gasteiger partial charge on any atom is 0.237 e. The number of hydrogen-bond donors (Lipinski definition) is 1. The van der Waals surface area contributed by atoms with Crippen LogP contribution in [0.25, 0.3) is 0 Å². The Labute approximate surface area is 113 Å². The van der Waals surface area contributed by atoms with Crippen molar-refractivity contribution < 1.29 is 4.74 Å². The molecule has 0 aliphatic carbocycles. The number of aryl methyl sites for hydroxylation is 1. The molecule has 19 heavy (non-hydrogen) atoms. The minimum absolute atomic E-state index is 0.108. The van der Waals surface area contributed by atoms with E-state index in [2.05, 4.69) is 26.8 Å². The summed E-state index contributed by atoms with van der Waals surface area (Å²) in [5.74, 6) is 0.639. The Morgan fingerprint density at radius 2 is 2.26 bits per heavy atom. The van der Waals surface area contributed by atoms with Gasteiger partial charge in [-0.25, -0.2) is 9.97 Å². The third kappa shape index (κ3) is 3.47. The first-order valence-electron chi connectivity index (χ1n) is 6.55. The number of hydrogen-bond acceptors (Lipinski definition) is 4. The molecule has 1 N–H and O–H groups in total. The van der Waals surface area contributed by atoms with Crippen LogP contribution in [0.2, 0.25) is 0 Å². The predicted molar refractivity (Wildman–Crippen MR) is 75.2 cm³/mol. The maximum absolute atomic E-state index is 5.68. The Morgan fingerprint density at radius 3 is 3.00 bits per heavy atom. The van der Waals surface area contributed by atoms with Crippen LogP contribution in [-0.4, -0.2) is 20.6 Å². The van der Waals surface area contributed by atoms with E-state index in [4.69, 9.17) is 4.74 Å². The van der Waals surface area contributed by atoms with Gasteiger partial charge in [0.2, 0.25) is 5.88 Å². The summed E-state index contributed by atoms with van der Waals surface area (Å²) in [5.41, 5.74) is 2.04. The lowest BCUT2D eigenvalue weighted by Crippen LogP contribution is -2.11. The fraction of sp³-hybridized carbons (Fsp3) is 0.429. The van der Waals surface area contributed by atoms with Gasteiger partial charge in [-0.15, -0.1) is 0 Å². The van der Waals surface area contributed by atoms with Gasteiger partial charge in [-0.1, -0.05) is 0 Å². The topological polar surface area (TPSA) is 52.0 Å². The lowest BCUT2D eigenvalue weighted by molar-refractivity contribution is 0.234. The van der Waals surface area contributed by atoms with Crippen LogP contribution in [0.5, 0.6) is 5.88 Å². The van der Waals surface area contributed by atoms with Gasteiger partial charge in [0.15, 0.2) is 0 Å². The molecule has 0 saturated carbocycles. The highest BCUT2D eigenvalue weighted by Gasteiger charge is 2.07. The summed E-state index contributed by atoms with van der Waals surface area (Å²) >= 11 is 0. The molecule has 0 aliphatic rings. The van der Waals surface area contributed by atoms with Crippen molar-refractivity contribution in [2.45, 2.75) is 40.0 Å². The zero-order valence-corrected chi connectivity index (χ0v) is 11.6. The van der Waals surface area contributed by atoms with Crippen molar-refractivity contribution in [2.75, 3.05) is 5.32 Å². The zero-order chi connectivity index (χ0) is 13.7. The average molecular weight is 260 g/mol. The van der Waals surface area contributed by atoms with Gasteiger partial charge in [0, 0.05) is 18.9 Å². The molecule has 0 aromatic carbocycles. The number of nitrogens with one attached hydrogen (secondary N) is 1. The van der Waals surface area contributed by atoms with Gasteiger partial charge in [0.25, 0.3) is 0 Å². The highest BCUT2D eigenvalue weighted by molar-refractivity contribution is 5.52. The summed E-state index contributed by atoms with van der Waals surface area (Å²) in [7, 11) is 0. The van der Waals surface area contributed by atoms with Crippen molar-refractivity contribution in [1.29, 1.82) is 0 Å². The summed E-state index contributed by atoms with van der Waals surface area (Å²) in [6, 6.07) is 3.87. The molecule has 0 radical (unpaired) electrons. The van der Waals surface area contributed by atoms with Gasteiger partial charge in [0.1, 0.15) is 0 Å². The molecule has 0 fully saturated rings. The Morgan fingerprint density at radius 1 is 1.42 bits per heavy atom. The second-order valence-corrected chi connectivity index (χ2v) is 4.55. The summed E-state index contributed by atoms with van der Waals surface area (Å²) in [6.45, 7) is 7.70. The highest BCUT2D eigenvalue weighted by Crippen LogP contribution is 2.22. The van der Waals surface area contributed by atoms with Crippen LogP contribution in [0.1, 0.15) is 26.5 Å². The maximum atomic E-state index is 5.68. The van der Waals surface area contributed by atoms with Crippen LogP contribution in [0.4, 0.5) is 5.69 Å². The summed E-state index contributed by atoms with van der Waals surface area (Å²) in [5, 5.41) is 3.35. The van der Waals surface area contributed by atoms with Crippen molar-refractivity contribution in [3.8, 4) is 5.88 Å². The Bertz CT molecular complexity index is 522. The molecule has 0 aliphatic heterocycles. The quantitative estimate of drug-likeness (QED) is 0.867. The van der Waals surface area contributed by atoms with Crippen LogP contribution in [0.3, 0.4) is 0 Å². The van der Waals surface area contributed by atoms with Crippen LogP contribution in [0, 0.1) is 0 Å². The number of anilines is 1. The number of ether oxygens (including phenoxy) is 1. The first kappa shape index (κ1) is 13.4. The van der Waals surface area contributed by atoms with E-state index in [-0.39, 0.29) is 6.10 Å². The summed E-state index contributed by atoms with van der Waals surface area (Å²) < 4.78 is 7.78. The standard InChI is InChI=1S/C14H20N4O/c1-4-18-10-15-8-12(18)9-17-13-6-5-7-16-14(13)19-11(2)3/h5-8,10-11,17H,4,9H2,1-3H3. The molecule has 0 atom stereocenters. The number of nitrogens with zero attached hydrogens (tertiary/aromatic N) is 3. The minimum Gasteiger partial charge on any atom is -0.473 e. The van der Waals surface area contributed by atoms with Crippen LogP contribution in [0.15, 0.2) is 30.9 Å². The number of rotatable bonds is 6. The summed E-state index contributed by atoms with van der Waals surface area (Å²) in [6.07, 6.45) is 5.55. The molecule has 0 amide bonds. The van der Waals surface area contributed by atoms with Crippen LogP contribution < -0.4 is 10.1 Å². The first-order valence-corrected chi connectivity index (χ1v) is 6.55. The SMILES string of the molecule is CCn1cncc1CNc1cccnc1OC(C)C. The van der Waals surface area contributed by atoms with Crippen molar-refractivity contribution >= 4 is 5.69 Å². The van der Waals surface area contributed by atoms with Gasteiger partial charge in [-0.3, -0.25) is 0 Å². The smallest absolute Gasteiger partial charge is 0.237 e. The second-order valence-electron chi connectivity index (χ2n) is 4.55. The largest absolute Gasteiger partial charge is 0.473 e. The Hall–Kier alpha value is -2.04. The van der Waals surface area contributed by atoms with Crippen LogP contribution >= 0.6 is 0 Å². The Balaban J connectivity index is 2.07. The lowest BCUT2D eigenvalue weighted by atomic mass is 10.3. The van der Waals surface area contributed by atoms with Gasteiger partial charge >= 0.3 is 0 Å². The number of aromatic nitrogens is 3. The van der Waals surface area contributed by atoms with Gasteiger partial charge in [-0.05, 0) is 32.9 Å². The monoisotopic (exact) mass is 260 g/mol. The zero-order valence-electron chi connectivity index (χ0n) is 11.6. The van der Waals surface area contributed by atoms with Crippen molar-refractivity contribution in [3.05, 3.63) is 36.5 Å². The first-order chi connectivity index (χ1) is 9.20. The van der Waals surface area contributed by atoms with E-state index in [1.807, 2.05) is 38.5 Å². The molecule has 2 aromatic heterocycles. The lowest BCUT2D eigenvalue weighted by Gasteiger charge is -2.14. The third-order valence-electron chi connectivity index (χ3n) is 2.72. The number of pyridine rings is 1. The number of imidazole rings is 1. The molecule has 0 unspecified atom stereocenters. The highest BCUT2D eigenvalue weighted by atomic mass is 16.5. The fourth-order valence-corrected chi connectivity index (χ4v) is 1.81. The molecule has 0 spiro atoms. The molecule has 0 saturated heterocycles. The molecular formula is C14H20N4O. The molecule has 2 rings (SSSR count). The van der Waals surface area contributed by atoms with Gasteiger partial charge in [-0.2, -0.15) is 0 Å². The predicted octanol–water partition coefficient (Wildman–Crippen LogP) is 2.70. The van der Waals surface area contributed by atoms with E-state index in [0.717, 1.165) is 17.9 Å². The average Bonchev–Trinajstić information content (AvgIpc) is 2.84. The Kier molecular flexibility index (Phi) is 4.39. The van der Waals surface area contributed by atoms with E-state index in [9.17, 15) is 0 Å². The van der Waals surface area contributed by atoms with Crippen molar-refractivity contribution in [2.24, 2.45) is 0 Å². The van der Waals surface area contributed by atoms with Gasteiger partial charge in [0.05, 0.1) is 30.4 Å². The molecule has 2 aromatic rings. The summed E-state index contributed by atoms with van der Waals surface area (Å²) in [4.78, 5) is 8.41. The van der Waals surface area contributed by atoms with Gasteiger partial charge < -0.3 is 14.6 Å². The van der Waals surface area contributed by atoms with E-state index >= 15 is 0 Å². The van der Waals surface area contributed by atoms with E-state index in [1.54, 1.807) is 6.20 Å². The molecule has 5 nitrogen and oxygen atoms in total. The molecule has 5 heteroatoms. The molecule has 2 heterocycles. The van der Waals surface area contributed by atoms with E-state index in [1.165, 1.54) is 0 Å². The van der Waals surface area contributed by atoms with E-state index in [0.29, 0.717) is 12.4 Å². The molecular weight excluding hydrogens is 240 g/mol. The third-order valence-corrected chi connectivity index (χ3v) is 2.72. The van der Waals surface area contributed by atoms with Crippen LogP contribution in [-0.2, 0) is 13.1 Å². The molecule has 102 valence electrons. The second kappa shape index (κ2) is 6.22. The minimum atomic E-state index is 0.108. The normalized spacial score (nSPS) is 10.7. The van der Waals surface area contributed by atoms with E-state index < -0.39 is 0 Å². The van der Waals surface area contributed by atoms with Crippen molar-refractivity contribution in [1.82, 2.24) is 14.5 Å². The fourth-order valence-electron chi connectivity index (χ4n) is 1.81.